The van der Waals surface area contributed by atoms with Crippen LogP contribution in [0.4, 0.5) is 0 Å². The maximum absolute atomic E-state index is 13.1. The Morgan fingerprint density at radius 1 is 1.02 bits per heavy atom. The molecule has 1 aromatic carbocycles. The maximum Gasteiger partial charge on any atom is 0.302 e. The molecule has 0 spiro atoms. The van der Waals surface area contributed by atoms with Gasteiger partial charge in [0, 0.05) is 50.1 Å². The van der Waals surface area contributed by atoms with Gasteiger partial charge < -0.3 is 19.9 Å². The Morgan fingerprint density at radius 3 is 2.35 bits per heavy atom. The first kappa shape index (κ1) is 41.6. The number of thiophene rings is 1. The summed E-state index contributed by atoms with van der Waals surface area (Å²) in [5, 5.41) is 13.3. The Morgan fingerprint density at radius 2 is 1.69 bits per heavy atom. The van der Waals surface area contributed by atoms with E-state index in [2.05, 4.69) is 10.0 Å². The molecule has 2 heterocycles. The van der Waals surface area contributed by atoms with Crippen molar-refractivity contribution in [3.63, 3.8) is 0 Å². The molecule has 2 aromatic rings. The molecule has 2 aliphatic rings. The monoisotopic (exact) mass is 780 g/mol. The van der Waals surface area contributed by atoms with Gasteiger partial charge >= 0.3 is 11.9 Å². The van der Waals surface area contributed by atoms with Gasteiger partial charge in [0.15, 0.2) is 9.84 Å². The van der Waals surface area contributed by atoms with E-state index in [0.717, 1.165) is 12.0 Å². The molecule has 1 fully saturated rings. The largest absolute Gasteiger partial charge is 0.462 e. The minimum atomic E-state index is -4.27. The van der Waals surface area contributed by atoms with Crippen LogP contribution in [0.3, 0.4) is 0 Å². The number of carbonyl (C=O) groups excluding carboxylic acids is 3. The molecule has 1 aromatic heterocycles. The number of amides is 1. The van der Waals surface area contributed by atoms with Crippen molar-refractivity contribution in [2.45, 2.75) is 130 Å². The van der Waals surface area contributed by atoms with Gasteiger partial charge in [-0.05, 0) is 76.5 Å². The number of allylic oxidation sites excluding steroid dienone is 2. The molecule has 1 saturated carbocycles. The number of carbonyl (C=O) groups is 3. The smallest absolute Gasteiger partial charge is 0.302 e. The van der Waals surface area contributed by atoms with Crippen LogP contribution in [0.15, 0.2) is 57.0 Å². The van der Waals surface area contributed by atoms with E-state index in [1.807, 2.05) is 49.4 Å². The fraction of sp³-hybridized carbons (Fsp3) is 0.595. The number of ether oxygens (including phenoxy) is 2. The fourth-order valence-corrected chi connectivity index (χ4v) is 12.2. The van der Waals surface area contributed by atoms with Gasteiger partial charge in [-0.2, -0.15) is 0 Å². The number of hydrogen-bond acceptors (Lipinski definition) is 12. The number of nitrogens with one attached hydrogen (secondary N) is 2. The third-order valence-electron chi connectivity index (χ3n) is 9.79. The van der Waals surface area contributed by atoms with Gasteiger partial charge in [-0.1, -0.05) is 49.4 Å². The van der Waals surface area contributed by atoms with E-state index < -0.39 is 61.3 Å². The Labute approximate surface area is 311 Å². The van der Waals surface area contributed by atoms with Crippen LogP contribution in [0.2, 0.25) is 0 Å². The van der Waals surface area contributed by atoms with Gasteiger partial charge in [0.2, 0.25) is 5.91 Å². The minimum Gasteiger partial charge on any atom is -0.462 e. The molecule has 7 atom stereocenters. The van der Waals surface area contributed by atoms with Gasteiger partial charge in [0.1, 0.15) is 20.6 Å². The van der Waals surface area contributed by atoms with E-state index >= 15 is 0 Å². The highest BCUT2D eigenvalue weighted by atomic mass is 32.3. The SMILES string of the molecule is CCN[C@@H]1C[C@@H](C)S(=O)(=O)c2sc(S(=O)(=O)NC(=O)CCC/C=C\C[C@@H]3[C@@H](CC[C@@H](O)CCc4ccccc4)[C@H](OC(C)=O)C[C@@H]3OC(C)=O)cc21. The summed E-state index contributed by atoms with van der Waals surface area (Å²) in [6.45, 7) is 6.77. The van der Waals surface area contributed by atoms with Crippen LogP contribution in [0, 0.1) is 11.8 Å². The van der Waals surface area contributed by atoms with Gasteiger partial charge in [-0.15, -0.1) is 11.3 Å². The zero-order valence-corrected chi connectivity index (χ0v) is 32.7. The van der Waals surface area contributed by atoms with Crippen LogP contribution in [-0.2, 0) is 50.1 Å². The molecule has 52 heavy (non-hydrogen) atoms. The van der Waals surface area contributed by atoms with Crippen molar-refractivity contribution in [3.8, 4) is 0 Å². The summed E-state index contributed by atoms with van der Waals surface area (Å²) in [5.41, 5.74) is 1.56. The quantitative estimate of drug-likeness (QED) is 0.103. The lowest BCUT2D eigenvalue weighted by atomic mass is 9.85. The number of sulfonamides is 1. The zero-order valence-electron chi connectivity index (χ0n) is 30.3. The second-order valence-electron chi connectivity index (χ2n) is 13.8. The number of esters is 2. The third kappa shape index (κ3) is 11.2. The van der Waals surface area contributed by atoms with E-state index in [0.29, 0.717) is 74.8 Å². The highest BCUT2D eigenvalue weighted by Gasteiger charge is 2.46. The van der Waals surface area contributed by atoms with Crippen molar-refractivity contribution in [3.05, 3.63) is 59.7 Å². The maximum atomic E-state index is 13.1. The van der Waals surface area contributed by atoms with Crippen molar-refractivity contribution in [1.82, 2.24) is 10.0 Å². The number of hydrogen-bond donors (Lipinski definition) is 3. The Kier molecular flexibility index (Phi) is 15.0. The van der Waals surface area contributed by atoms with E-state index in [1.54, 1.807) is 6.92 Å². The Hall–Kier alpha value is -3.11. The van der Waals surface area contributed by atoms with Crippen molar-refractivity contribution < 1.29 is 45.8 Å². The van der Waals surface area contributed by atoms with Gasteiger partial charge in [-0.25, -0.2) is 21.6 Å². The predicted octanol–water partition coefficient (Wildman–Crippen LogP) is 5.16. The van der Waals surface area contributed by atoms with Crippen LogP contribution in [-0.4, -0.2) is 69.9 Å². The van der Waals surface area contributed by atoms with Crippen LogP contribution in [0.5, 0.6) is 0 Å². The first-order chi connectivity index (χ1) is 24.6. The molecule has 1 amide bonds. The number of aryl methyl sites for hydroxylation is 1. The van der Waals surface area contributed by atoms with Crippen molar-refractivity contribution >= 4 is 49.0 Å². The van der Waals surface area contributed by atoms with Crippen LogP contribution in [0.1, 0.15) is 103 Å². The predicted molar refractivity (Wildman–Crippen MR) is 198 cm³/mol. The zero-order chi connectivity index (χ0) is 38.1. The molecule has 1 aliphatic carbocycles. The molecule has 4 rings (SSSR count). The number of fused-ring (bicyclic) bond motifs is 1. The van der Waals surface area contributed by atoms with E-state index in [-0.39, 0.29) is 32.7 Å². The Balaban J connectivity index is 1.32. The first-order valence-electron chi connectivity index (χ1n) is 18.0. The summed E-state index contributed by atoms with van der Waals surface area (Å²) in [6.07, 6.45) is 6.73. The summed E-state index contributed by atoms with van der Waals surface area (Å²) in [4.78, 5) is 36.6. The average molecular weight is 781 g/mol. The van der Waals surface area contributed by atoms with E-state index in [4.69, 9.17) is 9.47 Å². The van der Waals surface area contributed by atoms with Crippen molar-refractivity contribution in [1.29, 1.82) is 0 Å². The minimum absolute atomic E-state index is 0.0222. The molecular formula is C37H52N2O10S3. The lowest BCUT2D eigenvalue weighted by Gasteiger charge is -2.27. The summed E-state index contributed by atoms with van der Waals surface area (Å²) in [7, 11) is -7.94. The normalized spacial score (nSPS) is 24.6. The topological polar surface area (TPSA) is 182 Å². The molecule has 0 saturated heterocycles. The number of aliphatic hydroxyl groups is 1. The number of benzene rings is 1. The summed E-state index contributed by atoms with van der Waals surface area (Å²) >= 11 is 0.670. The second kappa shape index (κ2) is 18.8. The summed E-state index contributed by atoms with van der Waals surface area (Å²) < 4.78 is 65.3. The number of rotatable bonds is 18. The highest BCUT2D eigenvalue weighted by Crippen LogP contribution is 2.43. The van der Waals surface area contributed by atoms with E-state index in [9.17, 15) is 36.3 Å². The second-order valence-corrected chi connectivity index (χ2v) is 19.3. The summed E-state index contributed by atoms with van der Waals surface area (Å²) in [5.74, 6) is -1.85. The van der Waals surface area contributed by atoms with Gasteiger partial charge in [0.05, 0.1) is 11.4 Å². The van der Waals surface area contributed by atoms with E-state index in [1.165, 1.54) is 19.9 Å². The number of sulfone groups is 1. The molecule has 288 valence electrons. The molecule has 1 aliphatic heterocycles. The van der Waals surface area contributed by atoms with Crippen LogP contribution in [0.25, 0.3) is 0 Å². The molecule has 12 nitrogen and oxygen atoms in total. The number of aliphatic hydroxyl groups excluding tert-OH is 1. The van der Waals surface area contributed by atoms with Crippen molar-refractivity contribution in [2.75, 3.05) is 6.54 Å². The van der Waals surface area contributed by atoms with Gasteiger partial charge in [0.25, 0.3) is 10.0 Å². The van der Waals surface area contributed by atoms with Crippen LogP contribution < -0.4 is 10.0 Å². The average Bonchev–Trinajstić information content (AvgIpc) is 3.66. The molecule has 3 N–H and O–H groups in total. The fourth-order valence-electron chi connectivity index (χ4n) is 7.24. The lowest BCUT2D eigenvalue weighted by Crippen LogP contribution is -2.33. The summed E-state index contributed by atoms with van der Waals surface area (Å²) in [6, 6.07) is 11.0. The first-order valence-corrected chi connectivity index (χ1v) is 21.8. The number of unbranched alkanes of at least 4 members (excludes halogenated alkanes) is 1. The highest BCUT2D eigenvalue weighted by molar-refractivity contribution is 7.95. The molecule has 0 unspecified atom stereocenters. The molecule has 15 heteroatoms. The molecule has 0 radical (unpaired) electrons. The third-order valence-corrected chi connectivity index (χ3v) is 15.5. The van der Waals surface area contributed by atoms with Crippen LogP contribution >= 0.6 is 11.3 Å². The Bertz CT molecular complexity index is 1780. The van der Waals surface area contributed by atoms with Crippen molar-refractivity contribution in [2.24, 2.45) is 11.8 Å². The standard InChI is InChI=1S/C37H52N2O10S3/c1-5-38-32-21-24(2)51(44,45)37-31(32)22-36(50-37)52(46,47)39-35(43)16-12-7-6-11-15-29-30(34(49-26(4)41)23-33(29)48-25(3)40)20-19-28(42)18-17-27-13-9-8-10-14-27/h6,8-11,13-14,22,24,28-30,32-34,38,42H,5,7,12,15-21,23H2,1-4H3,(H,39,43)/b11-6-/t24-,28+,29-,30-,32-,33+,34-/m1/s1. The lowest BCUT2D eigenvalue weighted by molar-refractivity contribution is -0.149. The van der Waals surface area contributed by atoms with Gasteiger partial charge in [-0.3, -0.25) is 14.4 Å². The molecule has 0 bridgehead atoms. The molecular weight excluding hydrogens is 729 g/mol.